The second-order valence-electron chi connectivity index (χ2n) is 4.36. The number of nitrogens with zero attached hydrogens (tertiary/aromatic N) is 1. The van der Waals surface area contributed by atoms with Crippen molar-refractivity contribution in [3.8, 4) is 0 Å². The van der Waals surface area contributed by atoms with Crippen LogP contribution in [0.1, 0.15) is 11.1 Å². The number of hydrogen-bond donors (Lipinski definition) is 1. The lowest BCUT2D eigenvalue weighted by atomic mass is 10.1. The van der Waals surface area contributed by atoms with E-state index in [0.29, 0.717) is 13.2 Å². The molecule has 0 aliphatic carbocycles. The number of rotatable bonds is 2. The summed E-state index contributed by atoms with van der Waals surface area (Å²) < 4.78 is 5.22. The zero-order valence-electron chi connectivity index (χ0n) is 10.1. The Hall–Kier alpha value is -1.55. The molecular formula is C13H17NO3. The fraction of sp³-hybridized carbons (Fsp3) is 0.462. The maximum Gasteiger partial charge on any atom is 0.334 e. The Balaban J connectivity index is 2.22. The predicted octanol–water partition coefficient (Wildman–Crippen LogP) is 1.59. The van der Waals surface area contributed by atoms with Gasteiger partial charge in [-0.1, -0.05) is 12.1 Å². The minimum absolute atomic E-state index is 0.416. The standard InChI is InChI=1S/C13H17NO3/c1-9-4-3-5-11(10(9)2)14-6-7-17-12(8-14)13(15)16/h3-5,12H,6-8H2,1-2H3,(H,15,16). The van der Waals surface area contributed by atoms with Gasteiger partial charge >= 0.3 is 5.97 Å². The minimum atomic E-state index is -0.889. The summed E-state index contributed by atoms with van der Waals surface area (Å²) in [6.07, 6.45) is -0.719. The SMILES string of the molecule is Cc1cccc(N2CCOC(C(=O)O)C2)c1C. The van der Waals surface area contributed by atoms with Crippen molar-refractivity contribution in [3.63, 3.8) is 0 Å². The lowest BCUT2D eigenvalue weighted by Crippen LogP contribution is -2.46. The largest absolute Gasteiger partial charge is 0.479 e. The Morgan fingerprint density at radius 3 is 2.94 bits per heavy atom. The number of hydrogen-bond acceptors (Lipinski definition) is 3. The van der Waals surface area contributed by atoms with E-state index in [1.165, 1.54) is 11.1 Å². The Morgan fingerprint density at radius 2 is 2.24 bits per heavy atom. The highest BCUT2D eigenvalue weighted by atomic mass is 16.5. The molecule has 0 spiro atoms. The number of ether oxygens (including phenoxy) is 1. The van der Waals surface area contributed by atoms with E-state index in [2.05, 4.69) is 24.8 Å². The molecule has 4 nitrogen and oxygen atoms in total. The molecule has 1 aliphatic heterocycles. The van der Waals surface area contributed by atoms with Gasteiger partial charge in [0.25, 0.3) is 0 Å². The first-order valence-corrected chi connectivity index (χ1v) is 5.75. The average Bonchev–Trinajstić information content (AvgIpc) is 2.33. The molecule has 0 bridgehead atoms. The van der Waals surface area contributed by atoms with Gasteiger partial charge in [0.05, 0.1) is 13.2 Å². The summed E-state index contributed by atoms with van der Waals surface area (Å²) in [7, 11) is 0. The van der Waals surface area contributed by atoms with Crippen molar-refractivity contribution in [1.29, 1.82) is 0 Å². The molecule has 1 aromatic carbocycles. The van der Waals surface area contributed by atoms with Gasteiger partial charge in [-0.2, -0.15) is 0 Å². The molecule has 1 aliphatic rings. The van der Waals surface area contributed by atoms with Crippen LogP contribution in [0.25, 0.3) is 0 Å². The second-order valence-corrected chi connectivity index (χ2v) is 4.36. The average molecular weight is 235 g/mol. The highest BCUT2D eigenvalue weighted by Crippen LogP contribution is 2.24. The van der Waals surface area contributed by atoms with Gasteiger partial charge in [-0.15, -0.1) is 0 Å². The summed E-state index contributed by atoms with van der Waals surface area (Å²) >= 11 is 0. The molecule has 0 aromatic heterocycles. The van der Waals surface area contributed by atoms with Gasteiger partial charge in [-0.3, -0.25) is 0 Å². The van der Waals surface area contributed by atoms with E-state index in [4.69, 9.17) is 9.84 Å². The molecular weight excluding hydrogens is 218 g/mol. The minimum Gasteiger partial charge on any atom is -0.479 e. The van der Waals surface area contributed by atoms with Crippen molar-refractivity contribution in [2.45, 2.75) is 20.0 Å². The van der Waals surface area contributed by atoms with Gasteiger partial charge < -0.3 is 14.7 Å². The molecule has 4 heteroatoms. The van der Waals surface area contributed by atoms with Gasteiger partial charge in [-0.25, -0.2) is 4.79 Å². The molecule has 92 valence electrons. The molecule has 1 unspecified atom stereocenters. The van der Waals surface area contributed by atoms with Crippen LogP contribution in [0.4, 0.5) is 5.69 Å². The van der Waals surface area contributed by atoms with Gasteiger partial charge in [0.2, 0.25) is 0 Å². The van der Waals surface area contributed by atoms with Gasteiger partial charge in [0.1, 0.15) is 0 Å². The summed E-state index contributed by atoms with van der Waals surface area (Å²) in [6.45, 7) is 5.75. The van der Waals surface area contributed by atoms with Crippen LogP contribution in [0.5, 0.6) is 0 Å². The number of carboxylic acid groups (broad SMARTS) is 1. The first-order chi connectivity index (χ1) is 8.09. The summed E-state index contributed by atoms with van der Waals surface area (Å²) in [5.74, 6) is -0.889. The van der Waals surface area contributed by atoms with Crippen LogP contribution in [0.3, 0.4) is 0 Å². The van der Waals surface area contributed by atoms with Crippen molar-refractivity contribution in [1.82, 2.24) is 0 Å². The highest BCUT2D eigenvalue weighted by Gasteiger charge is 2.26. The number of aryl methyl sites for hydroxylation is 1. The van der Waals surface area contributed by atoms with Crippen molar-refractivity contribution >= 4 is 11.7 Å². The molecule has 1 atom stereocenters. The molecule has 1 saturated heterocycles. The molecule has 1 aromatic rings. The van der Waals surface area contributed by atoms with Crippen molar-refractivity contribution < 1.29 is 14.6 Å². The van der Waals surface area contributed by atoms with Crippen LogP contribution in [0.15, 0.2) is 18.2 Å². The van der Waals surface area contributed by atoms with Crippen LogP contribution < -0.4 is 4.90 Å². The zero-order chi connectivity index (χ0) is 12.4. The number of aliphatic carboxylic acids is 1. The zero-order valence-corrected chi connectivity index (χ0v) is 10.1. The van der Waals surface area contributed by atoms with E-state index < -0.39 is 12.1 Å². The quantitative estimate of drug-likeness (QED) is 0.845. The van der Waals surface area contributed by atoms with Gasteiger partial charge in [0.15, 0.2) is 6.10 Å². The maximum atomic E-state index is 10.9. The Morgan fingerprint density at radius 1 is 1.47 bits per heavy atom. The monoisotopic (exact) mass is 235 g/mol. The number of carboxylic acids is 1. The fourth-order valence-electron chi connectivity index (χ4n) is 2.10. The molecule has 0 saturated carbocycles. The fourth-order valence-corrected chi connectivity index (χ4v) is 2.10. The Bertz CT molecular complexity index is 431. The number of benzene rings is 1. The van der Waals surface area contributed by atoms with Crippen LogP contribution in [-0.2, 0) is 9.53 Å². The van der Waals surface area contributed by atoms with Crippen molar-refractivity contribution in [3.05, 3.63) is 29.3 Å². The van der Waals surface area contributed by atoms with Crippen LogP contribution in [0.2, 0.25) is 0 Å². The number of anilines is 1. The second kappa shape index (κ2) is 4.75. The molecule has 1 N–H and O–H groups in total. The predicted molar refractivity (Wildman–Crippen MR) is 65.5 cm³/mol. The van der Waals surface area contributed by atoms with E-state index >= 15 is 0 Å². The van der Waals surface area contributed by atoms with Crippen LogP contribution >= 0.6 is 0 Å². The maximum absolute atomic E-state index is 10.9. The highest BCUT2D eigenvalue weighted by molar-refractivity contribution is 5.74. The molecule has 0 radical (unpaired) electrons. The number of morpholine rings is 1. The smallest absolute Gasteiger partial charge is 0.334 e. The topological polar surface area (TPSA) is 49.8 Å². The van der Waals surface area contributed by atoms with Crippen molar-refractivity contribution in [2.75, 3.05) is 24.6 Å². The lowest BCUT2D eigenvalue weighted by Gasteiger charge is -2.33. The van der Waals surface area contributed by atoms with Crippen LogP contribution in [-0.4, -0.2) is 36.9 Å². The normalized spacial score (nSPS) is 20.4. The summed E-state index contributed by atoms with van der Waals surface area (Å²) in [5, 5.41) is 8.98. The van der Waals surface area contributed by atoms with Gasteiger partial charge in [0, 0.05) is 12.2 Å². The Labute approximate surface area is 101 Å². The molecule has 1 fully saturated rings. The molecule has 1 heterocycles. The van der Waals surface area contributed by atoms with E-state index in [1.54, 1.807) is 0 Å². The first-order valence-electron chi connectivity index (χ1n) is 5.75. The summed E-state index contributed by atoms with van der Waals surface area (Å²) in [6, 6.07) is 6.10. The van der Waals surface area contributed by atoms with E-state index in [1.807, 2.05) is 12.1 Å². The summed E-state index contributed by atoms with van der Waals surface area (Å²) in [4.78, 5) is 13.0. The molecule has 17 heavy (non-hydrogen) atoms. The van der Waals surface area contributed by atoms with E-state index in [-0.39, 0.29) is 0 Å². The third-order valence-corrected chi connectivity index (χ3v) is 3.26. The van der Waals surface area contributed by atoms with Crippen LogP contribution in [0, 0.1) is 13.8 Å². The molecule has 0 amide bonds. The van der Waals surface area contributed by atoms with E-state index in [9.17, 15) is 4.79 Å². The third kappa shape index (κ3) is 2.42. The third-order valence-electron chi connectivity index (χ3n) is 3.26. The van der Waals surface area contributed by atoms with Gasteiger partial charge in [-0.05, 0) is 31.0 Å². The van der Waals surface area contributed by atoms with Crippen molar-refractivity contribution in [2.24, 2.45) is 0 Å². The Kier molecular flexibility index (Phi) is 3.33. The lowest BCUT2D eigenvalue weighted by molar-refractivity contribution is -0.150. The summed E-state index contributed by atoms with van der Waals surface area (Å²) in [5.41, 5.74) is 3.54. The number of carbonyl (C=O) groups is 1. The van der Waals surface area contributed by atoms with E-state index in [0.717, 1.165) is 12.2 Å². The first kappa shape index (κ1) is 11.9. The molecule has 2 rings (SSSR count).